The Kier molecular flexibility index (Phi) is 3.06. The first-order valence-electron chi connectivity index (χ1n) is 2.69. The van der Waals surface area contributed by atoms with Crippen molar-refractivity contribution < 1.29 is 8.76 Å². The number of anilines is 1. The maximum absolute atomic E-state index is 10.5. The minimum atomic E-state index is -2.19. The SMILES string of the molecule is CN(c1sccc1Br)S(=O)[O-]. The van der Waals surface area contributed by atoms with Gasteiger partial charge in [0.25, 0.3) is 0 Å². The van der Waals surface area contributed by atoms with Crippen LogP contribution in [0.2, 0.25) is 0 Å². The fourth-order valence-corrected chi connectivity index (χ4v) is 2.76. The Morgan fingerprint density at radius 1 is 1.82 bits per heavy atom. The highest BCUT2D eigenvalue weighted by atomic mass is 79.9. The molecule has 1 rings (SSSR count). The van der Waals surface area contributed by atoms with Crippen molar-refractivity contribution in [3.8, 4) is 0 Å². The van der Waals surface area contributed by atoms with Gasteiger partial charge in [-0.1, -0.05) is 0 Å². The summed E-state index contributed by atoms with van der Waals surface area (Å²) in [5.41, 5.74) is 0. The maximum atomic E-state index is 10.5. The van der Waals surface area contributed by atoms with Gasteiger partial charge in [0, 0.05) is 18.3 Å². The summed E-state index contributed by atoms with van der Waals surface area (Å²) in [6.45, 7) is 0. The van der Waals surface area contributed by atoms with E-state index in [-0.39, 0.29) is 0 Å². The van der Waals surface area contributed by atoms with Gasteiger partial charge in [-0.05, 0) is 27.4 Å². The first-order valence-corrected chi connectivity index (χ1v) is 5.39. The van der Waals surface area contributed by atoms with Crippen LogP contribution in [-0.4, -0.2) is 15.8 Å². The molecular formula is C5H5BrNO2S2-. The number of hydrogen-bond donors (Lipinski definition) is 0. The topological polar surface area (TPSA) is 43.4 Å². The van der Waals surface area contributed by atoms with Crippen LogP contribution < -0.4 is 4.31 Å². The largest absolute Gasteiger partial charge is 0.755 e. The van der Waals surface area contributed by atoms with Crippen molar-refractivity contribution >= 4 is 43.5 Å². The fourth-order valence-electron chi connectivity index (χ4n) is 0.578. The molecule has 1 aromatic rings. The standard InChI is InChI=1S/C5H6BrNO2S2/c1-7(11(8)9)5-4(6)2-3-10-5/h2-3H,1H3,(H,8,9)/p-1. The van der Waals surface area contributed by atoms with Gasteiger partial charge in [-0.25, -0.2) is 0 Å². The van der Waals surface area contributed by atoms with Crippen molar-refractivity contribution in [3.05, 3.63) is 15.9 Å². The molecule has 0 amide bonds. The summed E-state index contributed by atoms with van der Waals surface area (Å²) in [5, 5.41) is 2.52. The third kappa shape index (κ3) is 2.02. The first-order chi connectivity index (χ1) is 5.13. The Labute approximate surface area is 79.6 Å². The molecule has 0 spiro atoms. The van der Waals surface area contributed by atoms with Crippen molar-refractivity contribution in [1.82, 2.24) is 0 Å². The molecule has 3 nitrogen and oxygen atoms in total. The second-order valence-corrected chi connectivity index (χ2v) is 4.52. The van der Waals surface area contributed by atoms with E-state index in [1.165, 1.54) is 22.7 Å². The Morgan fingerprint density at radius 2 is 2.45 bits per heavy atom. The van der Waals surface area contributed by atoms with E-state index >= 15 is 0 Å². The van der Waals surface area contributed by atoms with Gasteiger partial charge in [0.15, 0.2) is 0 Å². The average Bonchev–Trinajstić information content (AvgIpc) is 2.33. The molecule has 1 unspecified atom stereocenters. The van der Waals surface area contributed by atoms with Crippen molar-refractivity contribution in [3.63, 3.8) is 0 Å². The summed E-state index contributed by atoms with van der Waals surface area (Å²) >= 11 is 2.42. The van der Waals surface area contributed by atoms with Gasteiger partial charge in [0.05, 0.1) is 4.47 Å². The lowest BCUT2D eigenvalue weighted by Gasteiger charge is -2.19. The van der Waals surface area contributed by atoms with Crippen LogP contribution in [0.1, 0.15) is 0 Å². The Morgan fingerprint density at radius 3 is 2.82 bits per heavy atom. The summed E-state index contributed by atoms with van der Waals surface area (Å²) in [7, 11) is 1.50. The van der Waals surface area contributed by atoms with Crippen LogP contribution in [0, 0.1) is 0 Å². The number of rotatable bonds is 2. The quantitative estimate of drug-likeness (QED) is 0.755. The van der Waals surface area contributed by atoms with Gasteiger partial charge < -0.3 is 4.55 Å². The molecule has 0 radical (unpaired) electrons. The highest BCUT2D eigenvalue weighted by Gasteiger charge is 2.06. The molecule has 0 saturated carbocycles. The van der Waals surface area contributed by atoms with E-state index in [9.17, 15) is 8.76 Å². The summed E-state index contributed by atoms with van der Waals surface area (Å²) in [4.78, 5) is 0. The molecule has 0 aliphatic heterocycles. The van der Waals surface area contributed by atoms with E-state index in [0.29, 0.717) is 5.00 Å². The molecule has 6 heteroatoms. The summed E-state index contributed by atoms with van der Waals surface area (Å²) < 4.78 is 22.9. The zero-order valence-corrected chi connectivity index (χ0v) is 8.83. The first kappa shape index (κ1) is 9.18. The lowest BCUT2D eigenvalue weighted by atomic mass is 10.6. The number of hydrogen-bond acceptors (Lipinski definition) is 3. The van der Waals surface area contributed by atoms with Crippen molar-refractivity contribution in [1.29, 1.82) is 0 Å². The van der Waals surface area contributed by atoms with Crippen LogP contribution in [-0.2, 0) is 11.3 Å². The van der Waals surface area contributed by atoms with Crippen molar-refractivity contribution in [2.24, 2.45) is 0 Å². The zero-order chi connectivity index (χ0) is 8.43. The lowest BCUT2D eigenvalue weighted by molar-refractivity contribution is 0.535. The highest BCUT2D eigenvalue weighted by molar-refractivity contribution is 9.10. The molecule has 0 bridgehead atoms. The molecule has 0 aliphatic rings. The minimum absolute atomic E-state index is 0.693. The molecular weight excluding hydrogens is 250 g/mol. The molecule has 0 aromatic carbocycles. The van der Waals surface area contributed by atoms with Gasteiger partial charge in [-0.2, -0.15) is 0 Å². The second-order valence-electron chi connectivity index (χ2n) is 1.79. The van der Waals surface area contributed by atoms with Crippen LogP contribution in [0.15, 0.2) is 15.9 Å². The molecule has 0 N–H and O–H groups in total. The van der Waals surface area contributed by atoms with Gasteiger partial charge in [0.1, 0.15) is 5.00 Å². The van der Waals surface area contributed by atoms with Gasteiger partial charge >= 0.3 is 0 Å². The smallest absolute Gasteiger partial charge is 0.116 e. The van der Waals surface area contributed by atoms with E-state index in [4.69, 9.17) is 0 Å². The zero-order valence-electron chi connectivity index (χ0n) is 5.61. The molecule has 11 heavy (non-hydrogen) atoms. The number of thiophene rings is 1. The van der Waals surface area contributed by atoms with Crippen LogP contribution in [0.4, 0.5) is 5.00 Å². The average molecular weight is 255 g/mol. The molecule has 0 saturated heterocycles. The predicted molar refractivity (Wildman–Crippen MR) is 49.3 cm³/mol. The van der Waals surface area contributed by atoms with Crippen molar-refractivity contribution in [2.45, 2.75) is 0 Å². The van der Waals surface area contributed by atoms with Crippen LogP contribution >= 0.6 is 27.3 Å². The van der Waals surface area contributed by atoms with E-state index in [2.05, 4.69) is 15.9 Å². The fraction of sp³-hybridized carbons (Fsp3) is 0.200. The molecule has 0 fully saturated rings. The van der Waals surface area contributed by atoms with E-state index in [0.717, 1.165) is 4.47 Å². The lowest BCUT2D eigenvalue weighted by Crippen LogP contribution is -2.18. The Bertz CT molecular complexity index is 275. The number of nitrogens with zero attached hydrogens (tertiary/aromatic N) is 1. The molecule has 0 aliphatic carbocycles. The second kappa shape index (κ2) is 3.66. The Balaban J connectivity index is 2.92. The molecule has 1 atom stereocenters. The minimum Gasteiger partial charge on any atom is -0.755 e. The molecule has 1 heterocycles. The van der Waals surface area contributed by atoms with Crippen molar-refractivity contribution in [2.75, 3.05) is 11.4 Å². The number of halogens is 1. The Hall–Kier alpha value is 0.0900. The third-order valence-electron chi connectivity index (χ3n) is 1.11. The highest BCUT2D eigenvalue weighted by Crippen LogP contribution is 2.31. The van der Waals surface area contributed by atoms with Crippen LogP contribution in [0.3, 0.4) is 0 Å². The van der Waals surface area contributed by atoms with Gasteiger partial charge in [0.2, 0.25) is 0 Å². The molecule has 62 valence electrons. The van der Waals surface area contributed by atoms with Crippen LogP contribution in [0.5, 0.6) is 0 Å². The normalized spacial score (nSPS) is 13.0. The van der Waals surface area contributed by atoms with E-state index < -0.39 is 11.3 Å². The summed E-state index contributed by atoms with van der Waals surface area (Å²) in [5.74, 6) is 0. The molecule has 1 aromatic heterocycles. The van der Waals surface area contributed by atoms with E-state index in [1.807, 2.05) is 11.4 Å². The summed E-state index contributed by atoms with van der Waals surface area (Å²) in [6, 6.07) is 1.81. The summed E-state index contributed by atoms with van der Waals surface area (Å²) in [6.07, 6.45) is 0. The van der Waals surface area contributed by atoms with Gasteiger partial charge in [-0.15, -0.1) is 11.3 Å². The maximum Gasteiger partial charge on any atom is 0.116 e. The van der Waals surface area contributed by atoms with E-state index in [1.54, 1.807) is 0 Å². The monoisotopic (exact) mass is 254 g/mol. The van der Waals surface area contributed by atoms with Crippen LogP contribution in [0.25, 0.3) is 0 Å². The third-order valence-corrected chi connectivity index (χ3v) is 3.74. The van der Waals surface area contributed by atoms with Gasteiger partial charge in [-0.3, -0.25) is 8.51 Å². The predicted octanol–water partition coefficient (Wildman–Crippen LogP) is 1.74.